The Hall–Kier alpha value is -2.94. The first-order chi connectivity index (χ1) is 12.6. The molecular weight excluding hydrogens is 356 g/mol. The highest BCUT2D eigenvalue weighted by Crippen LogP contribution is 2.17. The lowest BCUT2D eigenvalue weighted by atomic mass is 9.97. The predicted octanol–water partition coefficient (Wildman–Crippen LogP) is 0.510. The van der Waals surface area contributed by atoms with Crippen LogP contribution in [0.25, 0.3) is 0 Å². The van der Waals surface area contributed by atoms with E-state index in [1.807, 2.05) is 0 Å². The summed E-state index contributed by atoms with van der Waals surface area (Å²) in [6.07, 6.45) is -0.193. The summed E-state index contributed by atoms with van der Waals surface area (Å²) in [5.74, 6) is -1.91. The number of aliphatic hydroxyl groups is 1. The van der Waals surface area contributed by atoms with Gasteiger partial charge in [-0.2, -0.15) is 0 Å². The third-order valence-corrected chi connectivity index (χ3v) is 3.30. The van der Waals surface area contributed by atoms with Crippen LogP contribution in [0.2, 0.25) is 0 Å². The number of nitrogens with one attached hydrogen (secondary N) is 2. The summed E-state index contributed by atoms with van der Waals surface area (Å²) in [4.78, 5) is 55.3. The van der Waals surface area contributed by atoms with E-state index in [9.17, 15) is 24.3 Å². The molecule has 0 atom stereocenters. The van der Waals surface area contributed by atoms with Crippen LogP contribution in [0.5, 0.6) is 5.75 Å². The fourth-order valence-corrected chi connectivity index (χ4v) is 1.86. The molecule has 1 aromatic carbocycles. The van der Waals surface area contributed by atoms with Gasteiger partial charge in [-0.05, 0) is 38.1 Å². The number of carbonyl (C=O) groups excluding carboxylic acids is 4. The van der Waals surface area contributed by atoms with Crippen molar-refractivity contribution < 1.29 is 34.1 Å². The maximum absolute atomic E-state index is 11.9. The SMILES string of the molecule is CCC(=O)NCCNC(=O)CC(=O)OOc1ccc(C(=O)C(C)(C)O)cc1. The van der Waals surface area contributed by atoms with Crippen molar-refractivity contribution >= 4 is 23.6 Å². The second kappa shape index (κ2) is 10.3. The minimum Gasteiger partial charge on any atom is -0.382 e. The zero-order valence-electron chi connectivity index (χ0n) is 15.5. The first-order valence-corrected chi connectivity index (χ1v) is 8.41. The van der Waals surface area contributed by atoms with E-state index in [-0.39, 0.29) is 30.3 Å². The Bertz CT molecular complexity index is 678. The smallest absolute Gasteiger partial charge is 0.364 e. The zero-order valence-corrected chi connectivity index (χ0v) is 15.5. The lowest BCUT2D eigenvalue weighted by Gasteiger charge is -2.15. The Balaban J connectivity index is 2.34. The van der Waals surface area contributed by atoms with Gasteiger partial charge in [0.05, 0.1) is 0 Å². The van der Waals surface area contributed by atoms with Crippen LogP contribution in [0.3, 0.4) is 0 Å². The summed E-state index contributed by atoms with van der Waals surface area (Å²) in [5, 5.41) is 14.7. The fourth-order valence-electron chi connectivity index (χ4n) is 1.86. The van der Waals surface area contributed by atoms with Crippen LogP contribution in [0.4, 0.5) is 0 Å². The number of hydrogen-bond donors (Lipinski definition) is 3. The number of ketones is 1. The molecule has 0 radical (unpaired) electrons. The van der Waals surface area contributed by atoms with Crippen molar-refractivity contribution in [2.75, 3.05) is 13.1 Å². The highest BCUT2D eigenvalue weighted by atomic mass is 17.2. The maximum atomic E-state index is 11.9. The van der Waals surface area contributed by atoms with Crippen LogP contribution in [0.15, 0.2) is 24.3 Å². The molecule has 0 heterocycles. The largest absolute Gasteiger partial charge is 0.382 e. The molecule has 0 aromatic heterocycles. The molecule has 0 fully saturated rings. The Kier molecular flexibility index (Phi) is 8.40. The number of hydrogen-bond acceptors (Lipinski definition) is 7. The third kappa shape index (κ3) is 8.32. The number of benzene rings is 1. The third-order valence-electron chi connectivity index (χ3n) is 3.30. The van der Waals surface area contributed by atoms with Crippen molar-refractivity contribution in [1.29, 1.82) is 0 Å². The van der Waals surface area contributed by atoms with E-state index in [1.54, 1.807) is 6.92 Å². The number of carbonyl (C=O) groups is 4. The van der Waals surface area contributed by atoms with Crippen molar-refractivity contribution in [3.8, 4) is 5.75 Å². The highest BCUT2D eigenvalue weighted by molar-refractivity contribution is 6.01. The molecule has 1 aromatic rings. The van der Waals surface area contributed by atoms with Gasteiger partial charge in [0.15, 0.2) is 11.5 Å². The minimum absolute atomic E-state index is 0.132. The number of amides is 2. The lowest BCUT2D eigenvalue weighted by molar-refractivity contribution is -0.213. The quantitative estimate of drug-likeness (QED) is 0.177. The molecule has 0 spiro atoms. The van der Waals surface area contributed by atoms with E-state index in [4.69, 9.17) is 4.89 Å². The fraction of sp³-hybridized carbons (Fsp3) is 0.444. The molecule has 0 aliphatic rings. The Morgan fingerprint density at radius 3 is 2.07 bits per heavy atom. The molecule has 0 aliphatic carbocycles. The minimum atomic E-state index is -1.50. The molecule has 0 unspecified atom stereocenters. The van der Waals surface area contributed by atoms with Crippen LogP contribution in [-0.4, -0.2) is 47.4 Å². The van der Waals surface area contributed by atoms with Gasteiger partial charge in [-0.1, -0.05) is 6.92 Å². The van der Waals surface area contributed by atoms with Gasteiger partial charge in [0.25, 0.3) is 0 Å². The summed E-state index contributed by atoms with van der Waals surface area (Å²) in [6, 6.07) is 5.62. The van der Waals surface area contributed by atoms with Crippen molar-refractivity contribution in [1.82, 2.24) is 10.6 Å². The highest BCUT2D eigenvalue weighted by Gasteiger charge is 2.25. The summed E-state index contributed by atoms with van der Waals surface area (Å²) < 4.78 is 0. The number of rotatable bonds is 10. The number of Topliss-reactive ketones (excluding diaryl/α,β-unsaturated/α-hetero) is 1. The second-order valence-corrected chi connectivity index (χ2v) is 6.18. The van der Waals surface area contributed by atoms with Crippen LogP contribution in [0.1, 0.15) is 44.0 Å². The molecule has 2 amide bonds. The average molecular weight is 380 g/mol. The summed E-state index contributed by atoms with van der Waals surface area (Å²) >= 11 is 0. The van der Waals surface area contributed by atoms with Gasteiger partial charge >= 0.3 is 5.97 Å². The Morgan fingerprint density at radius 2 is 1.56 bits per heavy atom. The second-order valence-electron chi connectivity index (χ2n) is 6.18. The molecular formula is C18H24N2O7. The Labute approximate surface area is 157 Å². The van der Waals surface area contributed by atoms with Gasteiger partial charge in [-0.15, -0.1) is 0 Å². The van der Waals surface area contributed by atoms with Crippen molar-refractivity contribution in [2.24, 2.45) is 0 Å². The first kappa shape index (κ1) is 22.1. The summed E-state index contributed by atoms with van der Waals surface area (Å²) in [7, 11) is 0. The van der Waals surface area contributed by atoms with Gasteiger partial charge < -0.3 is 15.7 Å². The Morgan fingerprint density at radius 1 is 1.00 bits per heavy atom. The van der Waals surface area contributed by atoms with E-state index >= 15 is 0 Å². The molecule has 9 heteroatoms. The monoisotopic (exact) mass is 380 g/mol. The predicted molar refractivity (Wildman–Crippen MR) is 94.7 cm³/mol. The molecule has 0 saturated carbocycles. The summed E-state index contributed by atoms with van der Waals surface area (Å²) in [5.41, 5.74) is -1.22. The standard InChI is InChI=1S/C18H24N2O7/c1-4-14(21)19-9-10-20-15(22)11-16(23)27-26-13-7-5-12(6-8-13)17(24)18(2,3)25/h5-8,25H,4,9-11H2,1-3H3,(H,19,21)(H,20,22). The maximum Gasteiger partial charge on any atom is 0.364 e. The summed E-state index contributed by atoms with van der Waals surface area (Å²) in [6.45, 7) is 4.92. The van der Waals surface area contributed by atoms with Crippen LogP contribution < -0.4 is 15.5 Å². The molecule has 1 rings (SSSR count). The van der Waals surface area contributed by atoms with Crippen LogP contribution >= 0.6 is 0 Å². The molecule has 3 N–H and O–H groups in total. The van der Waals surface area contributed by atoms with Gasteiger partial charge in [0, 0.05) is 25.1 Å². The topological polar surface area (TPSA) is 131 Å². The molecule has 0 bridgehead atoms. The van der Waals surface area contributed by atoms with E-state index < -0.39 is 29.7 Å². The van der Waals surface area contributed by atoms with Gasteiger partial charge in [-0.25, -0.2) is 9.68 Å². The molecule has 9 nitrogen and oxygen atoms in total. The van der Waals surface area contributed by atoms with E-state index in [1.165, 1.54) is 38.1 Å². The molecule has 27 heavy (non-hydrogen) atoms. The normalized spacial score (nSPS) is 10.7. The van der Waals surface area contributed by atoms with E-state index in [2.05, 4.69) is 15.5 Å². The molecule has 148 valence electrons. The van der Waals surface area contributed by atoms with E-state index in [0.29, 0.717) is 6.42 Å². The van der Waals surface area contributed by atoms with Crippen molar-refractivity contribution in [2.45, 2.75) is 39.2 Å². The first-order valence-electron chi connectivity index (χ1n) is 8.41. The zero-order chi connectivity index (χ0) is 20.4. The lowest BCUT2D eigenvalue weighted by Crippen LogP contribution is -2.35. The molecule has 0 saturated heterocycles. The van der Waals surface area contributed by atoms with Crippen molar-refractivity contribution in [3.63, 3.8) is 0 Å². The van der Waals surface area contributed by atoms with E-state index in [0.717, 1.165) is 0 Å². The van der Waals surface area contributed by atoms with Crippen LogP contribution in [0, 0.1) is 0 Å². The average Bonchev–Trinajstić information content (AvgIpc) is 2.62. The van der Waals surface area contributed by atoms with Gasteiger partial charge in [0.1, 0.15) is 12.0 Å². The van der Waals surface area contributed by atoms with Crippen LogP contribution in [-0.2, 0) is 19.3 Å². The van der Waals surface area contributed by atoms with Gasteiger partial charge in [-0.3, -0.25) is 19.3 Å². The molecule has 0 aliphatic heterocycles. The van der Waals surface area contributed by atoms with Gasteiger partial charge in [0.2, 0.25) is 11.8 Å². The van der Waals surface area contributed by atoms with Crippen molar-refractivity contribution in [3.05, 3.63) is 29.8 Å².